The quantitative estimate of drug-likeness (QED) is 0.682. The highest BCUT2D eigenvalue weighted by atomic mass is 35.5. The van der Waals surface area contributed by atoms with Crippen molar-refractivity contribution >= 4 is 23.1 Å². The molecule has 92 valence electrons. The third-order valence-electron chi connectivity index (χ3n) is 2.46. The van der Waals surface area contributed by atoms with Crippen molar-refractivity contribution in [1.29, 1.82) is 0 Å². The Bertz CT molecular complexity index is 599. The van der Waals surface area contributed by atoms with Crippen molar-refractivity contribution in [2.24, 2.45) is 0 Å². The van der Waals surface area contributed by atoms with Crippen molar-refractivity contribution in [1.82, 2.24) is 4.98 Å². The van der Waals surface area contributed by atoms with Gasteiger partial charge in [-0.1, -0.05) is 11.6 Å². The molecule has 0 bridgehead atoms. The number of nitrogens with zero attached hydrogens (tertiary/aromatic N) is 1. The van der Waals surface area contributed by atoms with Crippen LogP contribution >= 0.6 is 11.6 Å². The zero-order valence-corrected chi connectivity index (χ0v) is 10.4. The molecular formula is C13H11ClN2O2. The Labute approximate surface area is 109 Å². The number of methoxy groups -OCH3 is 1. The van der Waals surface area contributed by atoms with E-state index >= 15 is 0 Å². The summed E-state index contributed by atoms with van der Waals surface area (Å²) in [5.41, 5.74) is 6.69. The molecule has 0 saturated heterocycles. The molecule has 0 atom stereocenters. The van der Waals surface area contributed by atoms with Crippen molar-refractivity contribution < 1.29 is 9.53 Å². The summed E-state index contributed by atoms with van der Waals surface area (Å²) in [7, 11) is 1.49. The van der Waals surface area contributed by atoms with E-state index in [1.54, 1.807) is 24.3 Å². The number of rotatable bonds is 3. The molecule has 1 heterocycles. The van der Waals surface area contributed by atoms with E-state index in [-0.39, 0.29) is 11.5 Å². The molecule has 0 aliphatic carbocycles. The summed E-state index contributed by atoms with van der Waals surface area (Å²) >= 11 is 5.79. The van der Waals surface area contributed by atoms with Gasteiger partial charge in [-0.15, -0.1) is 0 Å². The minimum atomic E-state index is -0.290. The highest BCUT2D eigenvalue weighted by molar-refractivity contribution is 6.31. The number of nitrogens with two attached hydrogens (primary N) is 1. The van der Waals surface area contributed by atoms with Crippen LogP contribution in [0.25, 0.3) is 0 Å². The molecule has 0 amide bonds. The molecule has 2 aromatic rings. The Morgan fingerprint density at radius 2 is 2.17 bits per heavy atom. The molecule has 1 aromatic heterocycles. The topological polar surface area (TPSA) is 65.2 Å². The number of anilines is 1. The Kier molecular flexibility index (Phi) is 3.48. The van der Waals surface area contributed by atoms with Crippen molar-refractivity contribution in [3.63, 3.8) is 0 Å². The van der Waals surface area contributed by atoms with Gasteiger partial charge in [0, 0.05) is 22.5 Å². The predicted molar refractivity (Wildman–Crippen MR) is 70.1 cm³/mol. The van der Waals surface area contributed by atoms with Gasteiger partial charge in [0.2, 0.25) is 5.78 Å². The van der Waals surface area contributed by atoms with Crippen molar-refractivity contribution in [3.8, 4) is 5.75 Å². The average molecular weight is 263 g/mol. The van der Waals surface area contributed by atoms with Crippen LogP contribution in [0.4, 0.5) is 5.69 Å². The van der Waals surface area contributed by atoms with Gasteiger partial charge >= 0.3 is 0 Å². The van der Waals surface area contributed by atoms with Gasteiger partial charge in [0.25, 0.3) is 0 Å². The molecule has 5 heteroatoms. The number of carbonyl (C=O) groups excluding carboxylic acids is 1. The maximum Gasteiger partial charge on any atom is 0.217 e. The SMILES string of the molecule is COc1cccnc1C(=O)c1ccc(Cl)cc1N. The maximum atomic E-state index is 12.3. The van der Waals surface area contributed by atoms with Crippen LogP contribution in [0.5, 0.6) is 5.75 Å². The first kappa shape index (κ1) is 12.4. The number of ketones is 1. The first-order chi connectivity index (χ1) is 8.63. The van der Waals surface area contributed by atoms with E-state index in [2.05, 4.69) is 4.98 Å². The van der Waals surface area contributed by atoms with Gasteiger partial charge in [0.05, 0.1) is 7.11 Å². The molecule has 2 rings (SSSR count). The van der Waals surface area contributed by atoms with Crippen LogP contribution in [0.2, 0.25) is 5.02 Å². The number of pyridine rings is 1. The van der Waals surface area contributed by atoms with Crippen LogP contribution in [0, 0.1) is 0 Å². The summed E-state index contributed by atoms with van der Waals surface area (Å²) in [5.74, 6) is 0.124. The first-order valence-electron chi connectivity index (χ1n) is 5.22. The summed E-state index contributed by atoms with van der Waals surface area (Å²) in [4.78, 5) is 16.3. The third kappa shape index (κ3) is 2.28. The number of benzene rings is 1. The molecule has 4 nitrogen and oxygen atoms in total. The van der Waals surface area contributed by atoms with Crippen molar-refractivity contribution in [2.45, 2.75) is 0 Å². The maximum absolute atomic E-state index is 12.3. The lowest BCUT2D eigenvalue weighted by molar-refractivity contribution is 0.103. The number of hydrogen-bond donors (Lipinski definition) is 1. The first-order valence-corrected chi connectivity index (χ1v) is 5.60. The Morgan fingerprint density at radius 3 is 2.83 bits per heavy atom. The fourth-order valence-electron chi connectivity index (χ4n) is 1.59. The average Bonchev–Trinajstić information content (AvgIpc) is 2.38. The number of carbonyl (C=O) groups is 1. The summed E-state index contributed by atoms with van der Waals surface area (Å²) in [6, 6.07) is 8.09. The second-order valence-corrected chi connectivity index (χ2v) is 4.05. The zero-order chi connectivity index (χ0) is 13.1. The highest BCUT2D eigenvalue weighted by Crippen LogP contribution is 2.24. The molecule has 0 radical (unpaired) electrons. The van der Waals surface area contributed by atoms with Crippen LogP contribution in [0.15, 0.2) is 36.5 Å². The molecule has 1 aromatic carbocycles. The minimum absolute atomic E-state index is 0.231. The van der Waals surface area contributed by atoms with Crippen LogP contribution in [0.1, 0.15) is 16.1 Å². The lowest BCUT2D eigenvalue weighted by atomic mass is 10.1. The lowest BCUT2D eigenvalue weighted by Gasteiger charge is -2.08. The molecule has 0 unspecified atom stereocenters. The smallest absolute Gasteiger partial charge is 0.217 e. The van der Waals surface area contributed by atoms with Gasteiger partial charge in [-0.25, -0.2) is 4.98 Å². The van der Waals surface area contributed by atoms with Gasteiger partial charge in [0.15, 0.2) is 5.69 Å². The largest absolute Gasteiger partial charge is 0.494 e. The Balaban J connectivity index is 2.48. The molecular weight excluding hydrogens is 252 g/mol. The summed E-state index contributed by atoms with van der Waals surface area (Å²) in [6.45, 7) is 0. The Hall–Kier alpha value is -2.07. The summed E-state index contributed by atoms with van der Waals surface area (Å²) in [6.07, 6.45) is 1.53. The summed E-state index contributed by atoms with van der Waals surface area (Å²) in [5, 5.41) is 0.483. The third-order valence-corrected chi connectivity index (χ3v) is 2.70. The second-order valence-electron chi connectivity index (χ2n) is 3.61. The Morgan fingerprint density at radius 1 is 1.39 bits per heavy atom. The normalized spacial score (nSPS) is 10.1. The van der Waals surface area contributed by atoms with Crippen LogP contribution in [0.3, 0.4) is 0 Å². The van der Waals surface area contributed by atoms with E-state index in [4.69, 9.17) is 22.1 Å². The molecule has 0 fully saturated rings. The molecule has 0 aliphatic rings. The van der Waals surface area contributed by atoms with E-state index in [1.165, 1.54) is 19.4 Å². The van der Waals surface area contributed by atoms with Crippen molar-refractivity contribution in [2.75, 3.05) is 12.8 Å². The molecule has 0 saturated carbocycles. The van der Waals surface area contributed by atoms with E-state index in [9.17, 15) is 4.79 Å². The molecule has 0 spiro atoms. The van der Waals surface area contributed by atoms with Gasteiger partial charge in [-0.2, -0.15) is 0 Å². The van der Waals surface area contributed by atoms with Gasteiger partial charge in [-0.05, 0) is 30.3 Å². The number of aromatic nitrogens is 1. The fraction of sp³-hybridized carbons (Fsp3) is 0.0769. The van der Waals surface area contributed by atoms with Crippen LogP contribution < -0.4 is 10.5 Å². The van der Waals surface area contributed by atoms with Gasteiger partial charge in [0.1, 0.15) is 5.75 Å². The number of nitrogen functional groups attached to an aromatic ring is 1. The van der Waals surface area contributed by atoms with E-state index in [1.807, 2.05) is 0 Å². The van der Waals surface area contributed by atoms with E-state index in [0.717, 1.165) is 0 Å². The van der Waals surface area contributed by atoms with E-state index in [0.29, 0.717) is 22.0 Å². The van der Waals surface area contributed by atoms with E-state index < -0.39 is 0 Å². The van der Waals surface area contributed by atoms with Crippen LogP contribution in [-0.2, 0) is 0 Å². The molecule has 2 N–H and O–H groups in total. The van der Waals surface area contributed by atoms with Crippen molar-refractivity contribution in [3.05, 3.63) is 52.8 Å². The van der Waals surface area contributed by atoms with Gasteiger partial charge in [-0.3, -0.25) is 4.79 Å². The number of hydrogen-bond acceptors (Lipinski definition) is 4. The lowest BCUT2D eigenvalue weighted by Crippen LogP contribution is -2.09. The minimum Gasteiger partial charge on any atom is -0.494 e. The monoisotopic (exact) mass is 262 g/mol. The highest BCUT2D eigenvalue weighted by Gasteiger charge is 2.17. The number of ether oxygens (including phenoxy) is 1. The molecule has 18 heavy (non-hydrogen) atoms. The predicted octanol–water partition coefficient (Wildman–Crippen LogP) is 2.56. The van der Waals surface area contributed by atoms with Crippen LogP contribution in [-0.4, -0.2) is 17.9 Å². The standard InChI is InChI=1S/C13H11ClN2O2/c1-18-11-3-2-6-16-12(11)13(17)9-5-4-8(14)7-10(9)15/h2-7H,15H2,1H3. The zero-order valence-electron chi connectivity index (χ0n) is 9.68. The number of halogens is 1. The van der Waals surface area contributed by atoms with Gasteiger partial charge < -0.3 is 10.5 Å². The fourth-order valence-corrected chi connectivity index (χ4v) is 1.77. The molecule has 0 aliphatic heterocycles. The second kappa shape index (κ2) is 5.06. The summed E-state index contributed by atoms with van der Waals surface area (Å²) < 4.78 is 5.10.